The Balaban J connectivity index is 2.20. The minimum absolute atomic E-state index is 0.0374. The van der Waals surface area contributed by atoms with Crippen molar-refractivity contribution >= 4 is 23.2 Å². The van der Waals surface area contributed by atoms with Gasteiger partial charge in [-0.25, -0.2) is 4.39 Å². The number of carbonyl (C=O) groups excluding carboxylic acids is 2. The molecule has 0 aromatic heterocycles. The zero-order valence-corrected chi connectivity index (χ0v) is 15.6. The van der Waals surface area contributed by atoms with Crippen LogP contribution < -0.4 is 21.1 Å². The summed E-state index contributed by atoms with van der Waals surface area (Å²) in [5, 5.41) is 5.41. The van der Waals surface area contributed by atoms with Crippen LogP contribution in [-0.2, 0) is 4.79 Å². The Bertz CT molecular complexity index is 826. The van der Waals surface area contributed by atoms with Crippen LogP contribution >= 0.6 is 0 Å². The molecule has 2 atom stereocenters. The molecule has 4 N–H and O–H groups in total. The van der Waals surface area contributed by atoms with Crippen molar-refractivity contribution in [2.24, 2.45) is 11.7 Å². The number of nitrogens with one attached hydrogen (secondary N) is 2. The van der Waals surface area contributed by atoms with Crippen LogP contribution in [0.4, 0.5) is 15.8 Å². The molecule has 0 aliphatic heterocycles. The summed E-state index contributed by atoms with van der Waals surface area (Å²) in [6.45, 7) is 3.87. The maximum absolute atomic E-state index is 13.3. The van der Waals surface area contributed by atoms with Crippen LogP contribution in [0.1, 0.15) is 30.6 Å². The number of nitrogens with two attached hydrogens (primary N) is 1. The van der Waals surface area contributed by atoms with Gasteiger partial charge in [0.15, 0.2) is 0 Å². The molecule has 6 nitrogen and oxygen atoms in total. The summed E-state index contributed by atoms with van der Waals surface area (Å²) in [4.78, 5) is 24.6. The van der Waals surface area contributed by atoms with E-state index in [-0.39, 0.29) is 17.4 Å². The molecule has 7 heteroatoms. The highest BCUT2D eigenvalue weighted by atomic mass is 19.1. The van der Waals surface area contributed by atoms with Crippen molar-refractivity contribution in [3.8, 4) is 5.75 Å². The van der Waals surface area contributed by atoms with E-state index in [1.165, 1.54) is 25.3 Å². The van der Waals surface area contributed by atoms with E-state index in [2.05, 4.69) is 10.6 Å². The Kier molecular flexibility index (Phi) is 6.90. The quantitative estimate of drug-likeness (QED) is 0.693. The number of hydrogen-bond acceptors (Lipinski definition) is 4. The lowest BCUT2D eigenvalue weighted by Gasteiger charge is -2.18. The minimum Gasteiger partial charge on any atom is -0.495 e. The van der Waals surface area contributed by atoms with Gasteiger partial charge in [0, 0.05) is 11.3 Å². The van der Waals surface area contributed by atoms with Crippen LogP contribution in [0.2, 0.25) is 0 Å². The fraction of sp³-hybridized carbons (Fsp3) is 0.300. The maximum atomic E-state index is 13.3. The van der Waals surface area contributed by atoms with E-state index in [0.717, 1.165) is 12.5 Å². The molecular weight excluding hydrogens is 349 g/mol. The molecule has 27 heavy (non-hydrogen) atoms. The Hall–Kier alpha value is -2.93. The maximum Gasteiger partial charge on any atom is 0.255 e. The third-order valence-corrected chi connectivity index (χ3v) is 4.36. The zero-order valence-electron chi connectivity index (χ0n) is 15.6. The Morgan fingerprint density at radius 2 is 1.93 bits per heavy atom. The van der Waals surface area contributed by atoms with Gasteiger partial charge in [0.2, 0.25) is 5.91 Å². The number of halogens is 1. The van der Waals surface area contributed by atoms with Crippen molar-refractivity contribution in [1.29, 1.82) is 0 Å². The molecule has 2 aromatic rings. The molecule has 0 bridgehead atoms. The van der Waals surface area contributed by atoms with Gasteiger partial charge >= 0.3 is 0 Å². The molecule has 0 saturated carbocycles. The first-order valence-corrected chi connectivity index (χ1v) is 8.67. The second-order valence-electron chi connectivity index (χ2n) is 6.28. The molecule has 0 saturated heterocycles. The van der Waals surface area contributed by atoms with Crippen molar-refractivity contribution in [2.75, 3.05) is 17.7 Å². The number of hydrogen-bond donors (Lipinski definition) is 3. The van der Waals surface area contributed by atoms with Gasteiger partial charge in [-0.3, -0.25) is 9.59 Å². The molecule has 0 radical (unpaired) electrons. The van der Waals surface area contributed by atoms with Gasteiger partial charge in [-0.1, -0.05) is 26.3 Å². The predicted molar refractivity (Wildman–Crippen MR) is 103 cm³/mol. The summed E-state index contributed by atoms with van der Waals surface area (Å²) in [5.74, 6) is -0.862. The molecule has 2 unspecified atom stereocenters. The van der Waals surface area contributed by atoms with Gasteiger partial charge in [-0.05, 0) is 42.3 Å². The van der Waals surface area contributed by atoms with Crippen molar-refractivity contribution in [3.05, 3.63) is 53.8 Å². The van der Waals surface area contributed by atoms with Gasteiger partial charge in [-0.2, -0.15) is 0 Å². The molecule has 0 fully saturated rings. The number of benzene rings is 2. The molecule has 2 amide bonds. The Morgan fingerprint density at radius 3 is 2.56 bits per heavy atom. The molecule has 2 aromatic carbocycles. The Morgan fingerprint density at radius 1 is 1.19 bits per heavy atom. The number of carbonyl (C=O) groups is 2. The molecule has 0 aliphatic rings. The number of amides is 2. The lowest BCUT2D eigenvalue weighted by atomic mass is 9.99. The molecular formula is C20H24FN3O3. The van der Waals surface area contributed by atoms with Crippen molar-refractivity contribution in [3.63, 3.8) is 0 Å². The average Bonchev–Trinajstić information content (AvgIpc) is 2.66. The van der Waals surface area contributed by atoms with E-state index in [1.807, 2.05) is 13.8 Å². The third kappa shape index (κ3) is 5.27. The number of anilines is 2. The summed E-state index contributed by atoms with van der Waals surface area (Å²) >= 11 is 0. The second kappa shape index (κ2) is 9.14. The lowest BCUT2D eigenvalue weighted by Crippen LogP contribution is -2.40. The monoisotopic (exact) mass is 373 g/mol. The third-order valence-electron chi connectivity index (χ3n) is 4.36. The summed E-state index contributed by atoms with van der Waals surface area (Å²) < 4.78 is 18.6. The fourth-order valence-corrected chi connectivity index (χ4v) is 2.45. The molecule has 2 rings (SSSR count). The van der Waals surface area contributed by atoms with Crippen molar-refractivity contribution < 1.29 is 18.7 Å². The highest BCUT2D eigenvalue weighted by Crippen LogP contribution is 2.28. The Labute approximate surface area is 157 Å². The van der Waals surface area contributed by atoms with Crippen LogP contribution in [0.25, 0.3) is 0 Å². The van der Waals surface area contributed by atoms with E-state index >= 15 is 0 Å². The van der Waals surface area contributed by atoms with E-state index in [1.54, 1.807) is 18.2 Å². The summed E-state index contributed by atoms with van der Waals surface area (Å²) in [7, 11) is 1.46. The summed E-state index contributed by atoms with van der Waals surface area (Å²) in [6.07, 6.45) is 0.784. The van der Waals surface area contributed by atoms with E-state index in [9.17, 15) is 14.0 Å². The topological polar surface area (TPSA) is 93.5 Å². The summed E-state index contributed by atoms with van der Waals surface area (Å²) in [6, 6.07) is 9.55. The summed E-state index contributed by atoms with van der Waals surface area (Å²) in [5.41, 5.74) is 6.93. The average molecular weight is 373 g/mol. The predicted octanol–water partition coefficient (Wildman–Crippen LogP) is 3.40. The van der Waals surface area contributed by atoms with Crippen LogP contribution in [0.15, 0.2) is 42.5 Å². The highest BCUT2D eigenvalue weighted by molar-refractivity contribution is 6.05. The minimum atomic E-state index is -0.637. The number of ether oxygens (including phenoxy) is 1. The lowest BCUT2D eigenvalue weighted by molar-refractivity contribution is -0.118. The van der Waals surface area contributed by atoms with E-state index in [0.29, 0.717) is 17.1 Å². The fourth-order valence-electron chi connectivity index (χ4n) is 2.45. The first-order chi connectivity index (χ1) is 12.8. The molecule has 0 heterocycles. The van der Waals surface area contributed by atoms with E-state index < -0.39 is 17.8 Å². The van der Waals surface area contributed by atoms with Crippen molar-refractivity contribution in [2.45, 2.75) is 26.3 Å². The first-order valence-electron chi connectivity index (χ1n) is 8.67. The van der Waals surface area contributed by atoms with Crippen LogP contribution in [-0.4, -0.2) is 25.0 Å². The largest absolute Gasteiger partial charge is 0.495 e. The standard InChI is InChI=1S/C20H24FN3O3/c1-4-12(2)18(22)20(26)23-15-8-9-17(27-3)16(11-15)24-19(25)13-6-5-7-14(21)10-13/h5-12,18H,4,22H2,1-3H3,(H,23,26)(H,24,25). The van der Waals surface area contributed by atoms with Gasteiger partial charge in [-0.15, -0.1) is 0 Å². The normalized spacial score (nSPS) is 12.8. The van der Waals surface area contributed by atoms with Gasteiger partial charge in [0.25, 0.3) is 5.91 Å². The van der Waals surface area contributed by atoms with Gasteiger partial charge in [0.1, 0.15) is 11.6 Å². The van der Waals surface area contributed by atoms with E-state index in [4.69, 9.17) is 10.5 Å². The smallest absolute Gasteiger partial charge is 0.255 e. The molecule has 144 valence electrons. The van der Waals surface area contributed by atoms with Crippen molar-refractivity contribution in [1.82, 2.24) is 0 Å². The van der Waals surface area contributed by atoms with Gasteiger partial charge in [0.05, 0.1) is 18.8 Å². The number of methoxy groups -OCH3 is 1. The second-order valence-corrected chi connectivity index (χ2v) is 6.28. The van der Waals surface area contributed by atoms with Gasteiger partial charge < -0.3 is 21.1 Å². The SMILES string of the molecule is CCC(C)C(N)C(=O)Nc1ccc(OC)c(NC(=O)c2cccc(F)c2)c1. The molecule has 0 aliphatic carbocycles. The van der Waals surface area contributed by atoms with Crippen LogP contribution in [0, 0.1) is 11.7 Å². The molecule has 0 spiro atoms. The van der Waals surface area contributed by atoms with Crippen LogP contribution in [0.3, 0.4) is 0 Å². The first kappa shape index (κ1) is 20.4. The zero-order chi connectivity index (χ0) is 20.0. The van der Waals surface area contributed by atoms with Crippen LogP contribution in [0.5, 0.6) is 5.75 Å². The number of rotatable bonds is 7. The highest BCUT2D eigenvalue weighted by Gasteiger charge is 2.20.